The van der Waals surface area contributed by atoms with E-state index in [1.165, 1.54) is 6.08 Å². The number of carbonyl (C=O) groups is 2. The lowest BCUT2D eigenvalue weighted by molar-refractivity contribution is -0.198. The maximum absolute atomic E-state index is 13.0. The highest BCUT2D eigenvalue weighted by Gasteiger charge is 2.46. The standard InChI is InChI=1S/C22H29ClN4O4/c23-17-12-15(7-8-18(28)27-31-19-6-1-2-11-30-19)13-25-21(17)26-22(9-10-24-14-22)20(29)16-4-3-5-16/h7-8,12-13,16,19,24H,1-6,9-11,14H2,(H,25,26)(H,27,28)/b8-7+/t19?,22-/m1/s1. The monoisotopic (exact) mass is 448 g/mol. The molecule has 1 aromatic rings. The molecule has 9 heteroatoms. The smallest absolute Gasteiger partial charge is 0.267 e. The Balaban J connectivity index is 1.35. The largest absolute Gasteiger partial charge is 0.355 e. The number of anilines is 1. The van der Waals surface area contributed by atoms with E-state index in [-0.39, 0.29) is 11.7 Å². The van der Waals surface area contributed by atoms with Gasteiger partial charge in [0, 0.05) is 37.8 Å². The number of ether oxygens (including phenoxy) is 1. The van der Waals surface area contributed by atoms with Crippen molar-refractivity contribution in [2.75, 3.05) is 25.0 Å². The van der Waals surface area contributed by atoms with Crippen LogP contribution in [0.1, 0.15) is 50.5 Å². The molecule has 3 heterocycles. The summed E-state index contributed by atoms with van der Waals surface area (Å²) >= 11 is 6.45. The van der Waals surface area contributed by atoms with Crippen molar-refractivity contribution in [3.8, 4) is 0 Å². The number of hydroxylamine groups is 1. The third-order valence-corrected chi connectivity index (χ3v) is 6.47. The maximum atomic E-state index is 13.0. The average molecular weight is 449 g/mol. The van der Waals surface area contributed by atoms with Gasteiger partial charge in [0.25, 0.3) is 5.91 Å². The van der Waals surface area contributed by atoms with E-state index in [9.17, 15) is 9.59 Å². The summed E-state index contributed by atoms with van der Waals surface area (Å²) in [6.45, 7) is 2.00. The van der Waals surface area contributed by atoms with Crippen LogP contribution in [0.5, 0.6) is 0 Å². The first kappa shape index (κ1) is 22.2. The van der Waals surface area contributed by atoms with Gasteiger partial charge in [-0.15, -0.1) is 0 Å². The molecule has 0 aromatic carbocycles. The van der Waals surface area contributed by atoms with Gasteiger partial charge in [0.15, 0.2) is 12.1 Å². The number of Topliss-reactive ketones (excluding diaryl/α,β-unsaturated/α-hetero) is 1. The highest BCUT2D eigenvalue weighted by molar-refractivity contribution is 6.33. The highest BCUT2D eigenvalue weighted by Crippen LogP contribution is 2.35. The Morgan fingerprint density at radius 3 is 2.81 bits per heavy atom. The highest BCUT2D eigenvalue weighted by atomic mass is 35.5. The summed E-state index contributed by atoms with van der Waals surface area (Å²) in [7, 11) is 0. The molecule has 31 heavy (non-hydrogen) atoms. The van der Waals surface area contributed by atoms with Crippen LogP contribution in [0.3, 0.4) is 0 Å². The summed E-state index contributed by atoms with van der Waals surface area (Å²) < 4.78 is 5.40. The lowest BCUT2D eigenvalue weighted by atomic mass is 9.74. The van der Waals surface area contributed by atoms with Gasteiger partial charge < -0.3 is 15.4 Å². The summed E-state index contributed by atoms with van der Waals surface area (Å²) in [4.78, 5) is 34.7. The topological polar surface area (TPSA) is 102 Å². The van der Waals surface area contributed by atoms with Gasteiger partial charge in [0.2, 0.25) is 0 Å². The van der Waals surface area contributed by atoms with Crippen LogP contribution in [0, 0.1) is 5.92 Å². The van der Waals surface area contributed by atoms with Crippen molar-refractivity contribution < 1.29 is 19.2 Å². The molecule has 4 rings (SSSR count). The van der Waals surface area contributed by atoms with Crippen LogP contribution in [0.15, 0.2) is 18.3 Å². The Hall–Kier alpha value is -2.00. The van der Waals surface area contributed by atoms with E-state index in [0.29, 0.717) is 36.0 Å². The number of ketones is 1. The minimum atomic E-state index is -0.655. The first-order valence-electron chi connectivity index (χ1n) is 11.0. The van der Waals surface area contributed by atoms with Gasteiger partial charge in [-0.05, 0) is 56.4 Å². The lowest BCUT2D eigenvalue weighted by Gasteiger charge is -2.36. The Morgan fingerprint density at radius 1 is 1.29 bits per heavy atom. The van der Waals surface area contributed by atoms with Crippen LogP contribution in [-0.4, -0.2) is 48.2 Å². The van der Waals surface area contributed by atoms with E-state index >= 15 is 0 Å². The molecule has 0 radical (unpaired) electrons. The summed E-state index contributed by atoms with van der Waals surface area (Å²) in [5, 5.41) is 7.02. The van der Waals surface area contributed by atoms with Crippen LogP contribution >= 0.6 is 11.6 Å². The maximum Gasteiger partial charge on any atom is 0.267 e. The molecular weight excluding hydrogens is 420 g/mol. The summed E-state index contributed by atoms with van der Waals surface area (Å²) in [5.41, 5.74) is 2.39. The molecule has 1 amide bonds. The lowest BCUT2D eigenvalue weighted by Crippen LogP contribution is -2.52. The SMILES string of the molecule is O=C(/C=C/c1cnc(N[C@]2(C(=O)C3CCC3)CCNC2)c(Cl)c1)NOC1CCCCO1. The Bertz CT molecular complexity index is 831. The van der Waals surface area contributed by atoms with Crippen molar-refractivity contribution in [1.29, 1.82) is 0 Å². The molecular formula is C22H29ClN4O4. The number of hydrogen-bond donors (Lipinski definition) is 3. The molecule has 1 unspecified atom stereocenters. The van der Waals surface area contributed by atoms with Crippen molar-refractivity contribution in [2.24, 2.45) is 5.92 Å². The Morgan fingerprint density at radius 2 is 2.16 bits per heavy atom. The van der Waals surface area contributed by atoms with Crippen molar-refractivity contribution in [3.63, 3.8) is 0 Å². The first-order chi connectivity index (χ1) is 15.1. The van der Waals surface area contributed by atoms with Crippen molar-refractivity contribution >= 4 is 35.2 Å². The van der Waals surface area contributed by atoms with Gasteiger partial charge in [-0.25, -0.2) is 15.3 Å². The number of carbonyl (C=O) groups excluding carboxylic acids is 2. The van der Waals surface area contributed by atoms with Gasteiger partial charge in [0.05, 0.1) is 5.02 Å². The zero-order valence-corrected chi connectivity index (χ0v) is 18.2. The second-order valence-corrected chi connectivity index (χ2v) is 8.85. The molecule has 1 aromatic heterocycles. The van der Waals surface area contributed by atoms with Crippen LogP contribution < -0.4 is 16.1 Å². The quantitative estimate of drug-likeness (QED) is 0.415. The summed E-state index contributed by atoms with van der Waals surface area (Å²) in [6, 6.07) is 1.72. The van der Waals surface area contributed by atoms with E-state index in [2.05, 4.69) is 21.1 Å². The fourth-order valence-electron chi connectivity index (χ4n) is 4.13. The molecule has 3 aliphatic rings. The minimum Gasteiger partial charge on any atom is -0.355 e. The van der Waals surface area contributed by atoms with E-state index in [0.717, 1.165) is 45.1 Å². The Labute approximate surface area is 187 Å². The molecule has 1 saturated carbocycles. The van der Waals surface area contributed by atoms with Crippen molar-refractivity contribution in [3.05, 3.63) is 28.9 Å². The number of aromatic nitrogens is 1. The van der Waals surface area contributed by atoms with E-state index in [1.807, 2.05) is 0 Å². The zero-order chi connectivity index (χ0) is 21.7. The first-order valence-corrected chi connectivity index (χ1v) is 11.4. The molecule has 2 aliphatic heterocycles. The zero-order valence-electron chi connectivity index (χ0n) is 17.5. The molecule has 3 N–H and O–H groups in total. The van der Waals surface area contributed by atoms with Crippen LogP contribution in [0.2, 0.25) is 5.02 Å². The number of nitrogens with one attached hydrogen (secondary N) is 3. The molecule has 0 spiro atoms. The summed E-state index contributed by atoms with van der Waals surface area (Å²) in [6.07, 6.45) is 10.7. The number of pyridine rings is 1. The van der Waals surface area contributed by atoms with Crippen LogP contribution in [-0.2, 0) is 19.2 Å². The number of halogens is 1. The second-order valence-electron chi connectivity index (χ2n) is 8.44. The normalized spacial score (nSPS) is 26.5. The number of hydrogen-bond acceptors (Lipinski definition) is 7. The Kier molecular flexibility index (Phi) is 7.22. The predicted octanol–water partition coefficient (Wildman–Crippen LogP) is 2.84. The van der Waals surface area contributed by atoms with E-state index < -0.39 is 17.7 Å². The number of amides is 1. The third kappa shape index (κ3) is 5.44. The second kappa shape index (κ2) is 10.1. The number of rotatable bonds is 8. The predicted molar refractivity (Wildman–Crippen MR) is 117 cm³/mol. The fourth-order valence-corrected chi connectivity index (χ4v) is 4.35. The molecule has 0 bridgehead atoms. The van der Waals surface area contributed by atoms with Crippen molar-refractivity contribution in [2.45, 2.75) is 56.8 Å². The van der Waals surface area contributed by atoms with E-state index in [4.69, 9.17) is 21.2 Å². The van der Waals surface area contributed by atoms with Crippen LogP contribution in [0.25, 0.3) is 6.08 Å². The third-order valence-electron chi connectivity index (χ3n) is 6.18. The van der Waals surface area contributed by atoms with Gasteiger partial charge in [-0.3, -0.25) is 9.59 Å². The molecule has 8 nitrogen and oxygen atoms in total. The van der Waals surface area contributed by atoms with Gasteiger partial charge >= 0.3 is 0 Å². The molecule has 2 atom stereocenters. The van der Waals surface area contributed by atoms with Gasteiger partial charge in [0.1, 0.15) is 11.4 Å². The molecule has 2 saturated heterocycles. The van der Waals surface area contributed by atoms with E-state index in [1.54, 1.807) is 18.3 Å². The average Bonchev–Trinajstić information content (AvgIpc) is 3.22. The molecule has 168 valence electrons. The van der Waals surface area contributed by atoms with Gasteiger partial charge in [-0.1, -0.05) is 18.0 Å². The minimum absolute atomic E-state index is 0.133. The number of nitrogens with zero attached hydrogens (tertiary/aromatic N) is 1. The van der Waals surface area contributed by atoms with Crippen molar-refractivity contribution in [1.82, 2.24) is 15.8 Å². The van der Waals surface area contributed by atoms with Crippen LogP contribution in [0.4, 0.5) is 5.82 Å². The fraction of sp³-hybridized carbons (Fsp3) is 0.591. The summed E-state index contributed by atoms with van der Waals surface area (Å²) in [5.74, 6) is 0.476. The van der Waals surface area contributed by atoms with Gasteiger partial charge in [-0.2, -0.15) is 0 Å². The molecule has 3 fully saturated rings. The molecule has 1 aliphatic carbocycles.